The van der Waals surface area contributed by atoms with Crippen LogP contribution in [-0.4, -0.2) is 43.6 Å². The number of benzene rings is 2. The third kappa shape index (κ3) is 5.23. The zero-order valence-electron chi connectivity index (χ0n) is 17.9. The van der Waals surface area contributed by atoms with Crippen LogP contribution in [0.15, 0.2) is 68.3 Å². The van der Waals surface area contributed by atoms with Crippen molar-refractivity contribution in [3.8, 4) is 11.3 Å². The van der Waals surface area contributed by atoms with Crippen molar-refractivity contribution in [2.45, 2.75) is 31.2 Å². The zero-order chi connectivity index (χ0) is 22.6. The van der Waals surface area contributed by atoms with Crippen LogP contribution < -0.4 is 4.80 Å². The van der Waals surface area contributed by atoms with Crippen molar-refractivity contribution >= 4 is 43.0 Å². The number of halogens is 1. The van der Waals surface area contributed by atoms with Gasteiger partial charge in [0.25, 0.3) is 0 Å². The second kappa shape index (κ2) is 10.4. The third-order valence-electron chi connectivity index (χ3n) is 5.34. The first-order valence-electron chi connectivity index (χ1n) is 10.7. The molecule has 2 aromatic carbocycles. The van der Waals surface area contributed by atoms with Gasteiger partial charge in [0, 0.05) is 29.5 Å². The zero-order valence-corrected chi connectivity index (χ0v) is 21.1. The van der Waals surface area contributed by atoms with Crippen molar-refractivity contribution in [2.75, 3.05) is 26.3 Å². The molecular weight excluding hydrogens is 510 g/mol. The van der Waals surface area contributed by atoms with Crippen LogP contribution in [0.5, 0.6) is 0 Å². The predicted molar refractivity (Wildman–Crippen MR) is 132 cm³/mol. The van der Waals surface area contributed by atoms with Gasteiger partial charge in [-0.2, -0.15) is 4.31 Å². The Hall–Kier alpha value is -1.78. The minimum absolute atomic E-state index is 0.291. The molecule has 0 bridgehead atoms. The van der Waals surface area contributed by atoms with Crippen molar-refractivity contribution in [3.63, 3.8) is 0 Å². The number of aromatic nitrogens is 1. The van der Waals surface area contributed by atoms with E-state index in [0.29, 0.717) is 31.2 Å². The summed E-state index contributed by atoms with van der Waals surface area (Å²) >= 11 is 5.10. The molecule has 1 aromatic heterocycles. The quantitative estimate of drug-likeness (QED) is 0.426. The second-order valence-electron chi connectivity index (χ2n) is 7.54. The van der Waals surface area contributed by atoms with Crippen LogP contribution in [-0.2, 0) is 21.3 Å². The van der Waals surface area contributed by atoms with E-state index in [9.17, 15) is 8.42 Å². The molecule has 0 aliphatic carbocycles. The summed E-state index contributed by atoms with van der Waals surface area (Å²) in [7, 11) is -3.50. The van der Waals surface area contributed by atoms with E-state index in [0.717, 1.165) is 45.6 Å². The molecule has 1 saturated heterocycles. The Morgan fingerprint density at radius 2 is 1.75 bits per heavy atom. The van der Waals surface area contributed by atoms with Gasteiger partial charge >= 0.3 is 0 Å². The van der Waals surface area contributed by atoms with E-state index in [1.807, 2.05) is 12.1 Å². The Morgan fingerprint density at radius 3 is 2.41 bits per heavy atom. The summed E-state index contributed by atoms with van der Waals surface area (Å²) in [5, 5.41) is 2.13. The highest BCUT2D eigenvalue weighted by Crippen LogP contribution is 2.24. The summed E-state index contributed by atoms with van der Waals surface area (Å²) in [6, 6.07) is 15.1. The Morgan fingerprint density at radius 1 is 1.06 bits per heavy atom. The Kier molecular flexibility index (Phi) is 7.63. The van der Waals surface area contributed by atoms with Crippen molar-refractivity contribution in [3.05, 3.63) is 63.2 Å². The van der Waals surface area contributed by atoms with Gasteiger partial charge in [-0.25, -0.2) is 13.4 Å². The summed E-state index contributed by atoms with van der Waals surface area (Å²) in [4.78, 5) is 6.03. The monoisotopic (exact) mass is 535 g/mol. The first kappa shape index (κ1) is 23.4. The molecule has 170 valence electrons. The molecule has 1 aliphatic heterocycles. The van der Waals surface area contributed by atoms with Crippen LogP contribution in [0.25, 0.3) is 11.3 Å². The minimum atomic E-state index is -3.50. The number of sulfonamides is 1. The molecule has 1 fully saturated rings. The lowest BCUT2D eigenvalue weighted by Crippen LogP contribution is -2.40. The summed E-state index contributed by atoms with van der Waals surface area (Å²) in [6.45, 7) is 4.71. The maximum atomic E-state index is 12.8. The van der Waals surface area contributed by atoms with Gasteiger partial charge < -0.3 is 9.30 Å². The van der Waals surface area contributed by atoms with E-state index in [-0.39, 0.29) is 0 Å². The lowest BCUT2D eigenvalue weighted by Gasteiger charge is -2.26. The van der Waals surface area contributed by atoms with Gasteiger partial charge in [0.1, 0.15) is 0 Å². The molecule has 0 unspecified atom stereocenters. The standard InChI is InChI=1S/C23H26BrN3O3S2/c1-2-3-12-27-22(18-4-6-19(24)7-5-18)17-31-23(27)25-20-8-10-21(11-9-20)32(28,29)26-13-15-30-16-14-26/h4-11,17H,2-3,12-16H2,1H3. The Balaban J connectivity index is 1.65. The molecule has 4 rings (SSSR count). The number of ether oxygens (including phenoxy) is 1. The highest BCUT2D eigenvalue weighted by atomic mass is 79.9. The number of unbranched alkanes of at least 4 members (excludes halogenated alkanes) is 1. The summed E-state index contributed by atoms with van der Waals surface area (Å²) in [5.41, 5.74) is 3.02. The van der Waals surface area contributed by atoms with Crippen LogP contribution in [0, 0.1) is 0 Å². The molecule has 0 atom stereocenters. The summed E-state index contributed by atoms with van der Waals surface area (Å²) in [5.74, 6) is 0. The average molecular weight is 537 g/mol. The topological polar surface area (TPSA) is 63.9 Å². The highest BCUT2D eigenvalue weighted by molar-refractivity contribution is 9.10. The molecule has 6 nitrogen and oxygen atoms in total. The SMILES string of the molecule is CCCCn1c(-c2ccc(Br)cc2)csc1=Nc1ccc(S(=O)(=O)N2CCOCC2)cc1. The molecule has 0 N–H and O–H groups in total. The van der Waals surface area contributed by atoms with Gasteiger partial charge in [0.2, 0.25) is 10.0 Å². The summed E-state index contributed by atoms with van der Waals surface area (Å²) < 4.78 is 35.7. The highest BCUT2D eigenvalue weighted by Gasteiger charge is 2.26. The third-order valence-corrected chi connectivity index (χ3v) is 8.65. The number of thiazole rings is 1. The average Bonchev–Trinajstić information content (AvgIpc) is 3.21. The van der Waals surface area contributed by atoms with Crippen molar-refractivity contribution in [1.82, 2.24) is 8.87 Å². The molecule has 3 aromatic rings. The largest absolute Gasteiger partial charge is 0.379 e. The number of hydrogen-bond donors (Lipinski definition) is 0. The molecule has 0 amide bonds. The lowest BCUT2D eigenvalue weighted by atomic mass is 10.2. The van der Waals surface area contributed by atoms with E-state index in [4.69, 9.17) is 9.73 Å². The normalized spacial score (nSPS) is 15.9. The molecule has 2 heterocycles. The summed E-state index contributed by atoms with van der Waals surface area (Å²) in [6.07, 6.45) is 2.15. The minimum Gasteiger partial charge on any atom is -0.379 e. The lowest BCUT2D eigenvalue weighted by molar-refractivity contribution is 0.0730. The molecule has 0 spiro atoms. The number of hydrogen-bond acceptors (Lipinski definition) is 5. The number of nitrogens with zero attached hydrogens (tertiary/aromatic N) is 3. The van der Waals surface area contributed by atoms with Crippen molar-refractivity contribution in [1.29, 1.82) is 0 Å². The molecule has 32 heavy (non-hydrogen) atoms. The van der Waals surface area contributed by atoms with Crippen LogP contribution in [0.2, 0.25) is 0 Å². The number of rotatable bonds is 7. The van der Waals surface area contributed by atoms with Crippen LogP contribution in [0.4, 0.5) is 5.69 Å². The molecule has 9 heteroatoms. The van der Waals surface area contributed by atoms with Gasteiger partial charge in [0.15, 0.2) is 4.80 Å². The fraction of sp³-hybridized carbons (Fsp3) is 0.348. The van der Waals surface area contributed by atoms with Crippen molar-refractivity contribution < 1.29 is 13.2 Å². The molecule has 0 radical (unpaired) electrons. The Bertz CT molecular complexity index is 1210. The predicted octanol–water partition coefficient (Wildman–Crippen LogP) is 5.03. The van der Waals surface area contributed by atoms with Gasteiger partial charge in [-0.1, -0.05) is 41.4 Å². The van der Waals surface area contributed by atoms with E-state index in [1.165, 1.54) is 4.31 Å². The van der Waals surface area contributed by atoms with E-state index in [2.05, 4.69) is 44.9 Å². The van der Waals surface area contributed by atoms with Crippen LogP contribution >= 0.6 is 27.3 Å². The fourth-order valence-electron chi connectivity index (χ4n) is 3.54. The van der Waals surface area contributed by atoms with E-state index >= 15 is 0 Å². The fourth-order valence-corrected chi connectivity index (χ4v) is 6.17. The van der Waals surface area contributed by atoms with E-state index in [1.54, 1.807) is 35.6 Å². The van der Waals surface area contributed by atoms with Gasteiger partial charge in [-0.3, -0.25) is 0 Å². The maximum absolute atomic E-state index is 12.8. The van der Waals surface area contributed by atoms with Gasteiger partial charge in [-0.05, 0) is 48.4 Å². The first-order valence-corrected chi connectivity index (χ1v) is 13.8. The van der Waals surface area contributed by atoms with Crippen LogP contribution in [0.3, 0.4) is 0 Å². The molecule has 0 saturated carbocycles. The maximum Gasteiger partial charge on any atom is 0.243 e. The van der Waals surface area contributed by atoms with Gasteiger partial charge in [0.05, 0.1) is 29.5 Å². The second-order valence-corrected chi connectivity index (χ2v) is 11.2. The first-order chi connectivity index (χ1) is 15.5. The van der Waals surface area contributed by atoms with Crippen LogP contribution in [0.1, 0.15) is 19.8 Å². The van der Waals surface area contributed by atoms with Crippen molar-refractivity contribution in [2.24, 2.45) is 4.99 Å². The number of morpholine rings is 1. The molecular formula is C23H26BrN3O3S2. The Labute approximate surface area is 201 Å². The molecule has 1 aliphatic rings. The van der Waals surface area contributed by atoms with E-state index < -0.39 is 10.0 Å². The smallest absolute Gasteiger partial charge is 0.243 e. The van der Waals surface area contributed by atoms with Gasteiger partial charge in [-0.15, -0.1) is 11.3 Å².